The van der Waals surface area contributed by atoms with E-state index in [0.29, 0.717) is 18.9 Å². The predicted molar refractivity (Wildman–Crippen MR) is 73.5 cm³/mol. The van der Waals surface area contributed by atoms with Gasteiger partial charge < -0.3 is 10.1 Å². The second kappa shape index (κ2) is 7.24. The summed E-state index contributed by atoms with van der Waals surface area (Å²) in [6.07, 6.45) is 7.77. The summed E-state index contributed by atoms with van der Waals surface area (Å²) in [7, 11) is 0. The number of esters is 1. The lowest BCUT2D eigenvalue weighted by Crippen LogP contribution is -2.41. The average Bonchev–Trinajstić information content (AvgIpc) is 2.35. The van der Waals surface area contributed by atoms with Crippen LogP contribution in [0.1, 0.15) is 38.2 Å². The zero-order chi connectivity index (χ0) is 13.5. The van der Waals surface area contributed by atoms with Crippen LogP contribution in [0.2, 0.25) is 0 Å². The van der Waals surface area contributed by atoms with Crippen LogP contribution in [-0.4, -0.2) is 23.6 Å². The van der Waals surface area contributed by atoms with Crippen molar-refractivity contribution in [3.63, 3.8) is 0 Å². The van der Waals surface area contributed by atoms with Gasteiger partial charge in [0.1, 0.15) is 0 Å². The van der Waals surface area contributed by atoms with Crippen molar-refractivity contribution in [2.24, 2.45) is 5.92 Å². The number of nitrogens with zero attached hydrogens (tertiary/aromatic N) is 1. The number of ether oxygens (including phenoxy) is 1. The van der Waals surface area contributed by atoms with Crippen LogP contribution in [0.15, 0.2) is 24.5 Å². The Morgan fingerprint density at radius 2 is 2.21 bits per heavy atom. The molecule has 0 aromatic carbocycles. The van der Waals surface area contributed by atoms with E-state index < -0.39 is 0 Å². The van der Waals surface area contributed by atoms with Gasteiger partial charge in [-0.15, -0.1) is 0 Å². The fraction of sp³-hybridized carbons (Fsp3) is 0.600. The van der Waals surface area contributed by atoms with Crippen molar-refractivity contribution in [2.45, 2.75) is 45.2 Å². The van der Waals surface area contributed by atoms with Gasteiger partial charge in [-0.1, -0.05) is 6.42 Å². The maximum Gasteiger partial charge on any atom is 0.307 e. The van der Waals surface area contributed by atoms with Gasteiger partial charge in [-0.05, 0) is 43.4 Å². The molecule has 1 saturated carbocycles. The Bertz CT molecular complexity index is 390. The molecule has 1 atom stereocenters. The molecule has 4 heteroatoms. The van der Waals surface area contributed by atoms with Crippen LogP contribution < -0.4 is 5.32 Å². The number of rotatable bonds is 7. The van der Waals surface area contributed by atoms with Crippen molar-refractivity contribution >= 4 is 5.97 Å². The quantitative estimate of drug-likeness (QED) is 0.766. The molecule has 0 amide bonds. The van der Waals surface area contributed by atoms with Gasteiger partial charge in [0.15, 0.2) is 0 Å². The molecule has 1 N–H and O–H groups in total. The number of nitrogens with one attached hydrogen (secondary N) is 1. The highest BCUT2D eigenvalue weighted by Crippen LogP contribution is 2.31. The first-order valence-electron chi connectivity index (χ1n) is 7.07. The fourth-order valence-electron chi connectivity index (χ4n) is 2.40. The number of carbonyl (C=O) groups excluding carboxylic acids is 1. The number of hydrogen-bond acceptors (Lipinski definition) is 4. The van der Waals surface area contributed by atoms with Crippen molar-refractivity contribution in [3.8, 4) is 0 Å². The molecule has 1 aliphatic carbocycles. The van der Waals surface area contributed by atoms with Crippen LogP contribution in [0, 0.1) is 5.92 Å². The van der Waals surface area contributed by atoms with Crippen molar-refractivity contribution in [2.75, 3.05) is 6.61 Å². The maximum absolute atomic E-state index is 11.6. The molecule has 2 rings (SSSR count). The zero-order valence-corrected chi connectivity index (χ0v) is 11.5. The third-order valence-corrected chi connectivity index (χ3v) is 3.73. The van der Waals surface area contributed by atoms with Gasteiger partial charge in [-0.3, -0.25) is 9.78 Å². The Labute approximate surface area is 114 Å². The predicted octanol–water partition coefficient (Wildman–Crippen LogP) is 2.29. The molecule has 1 heterocycles. The molecule has 4 nitrogen and oxygen atoms in total. The lowest BCUT2D eigenvalue weighted by Gasteiger charge is -2.34. The summed E-state index contributed by atoms with van der Waals surface area (Å²) >= 11 is 0. The molecular formula is C15H22N2O2. The number of carbonyl (C=O) groups is 1. The Morgan fingerprint density at radius 1 is 1.47 bits per heavy atom. The first-order chi connectivity index (χ1) is 9.29. The van der Waals surface area contributed by atoms with Crippen LogP contribution in [0.3, 0.4) is 0 Å². The lowest BCUT2D eigenvalue weighted by atomic mass is 9.78. The summed E-state index contributed by atoms with van der Waals surface area (Å²) in [6, 6.07) is 4.23. The van der Waals surface area contributed by atoms with Gasteiger partial charge in [-0.2, -0.15) is 0 Å². The molecule has 1 aliphatic rings. The molecule has 1 fully saturated rings. The van der Waals surface area contributed by atoms with E-state index in [1.807, 2.05) is 19.1 Å². The minimum atomic E-state index is -0.0957. The van der Waals surface area contributed by atoms with Crippen molar-refractivity contribution in [1.82, 2.24) is 10.3 Å². The zero-order valence-electron chi connectivity index (χ0n) is 11.5. The standard InChI is InChI=1S/C15H22N2O2/c1-2-19-15(18)10-14(13-4-3-5-13)17-11-12-6-8-16-9-7-12/h6-9,13-14,17H,2-5,10-11H2,1H3. The van der Waals surface area contributed by atoms with E-state index in [1.165, 1.54) is 24.8 Å². The minimum absolute atomic E-state index is 0.0957. The molecule has 0 aliphatic heterocycles. The average molecular weight is 262 g/mol. The molecule has 104 valence electrons. The fourth-order valence-corrected chi connectivity index (χ4v) is 2.40. The number of aromatic nitrogens is 1. The van der Waals surface area contributed by atoms with Crippen LogP contribution in [-0.2, 0) is 16.1 Å². The molecule has 1 unspecified atom stereocenters. The molecule has 0 bridgehead atoms. The van der Waals surface area contributed by atoms with E-state index in [0.717, 1.165) is 6.54 Å². The summed E-state index contributed by atoms with van der Waals surface area (Å²) in [5, 5.41) is 3.50. The van der Waals surface area contributed by atoms with Gasteiger partial charge in [0.2, 0.25) is 0 Å². The molecule has 0 saturated heterocycles. The third kappa shape index (κ3) is 4.31. The first kappa shape index (κ1) is 14.0. The minimum Gasteiger partial charge on any atom is -0.466 e. The van der Waals surface area contributed by atoms with Crippen molar-refractivity contribution < 1.29 is 9.53 Å². The third-order valence-electron chi connectivity index (χ3n) is 3.73. The monoisotopic (exact) mass is 262 g/mol. The highest BCUT2D eigenvalue weighted by molar-refractivity contribution is 5.70. The molecular weight excluding hydrogens is 240 g/mol. The second-order valence-corrected chi connectivity index (χ2v) is 5.04. The van der Waals surface area contributed by atoms with Crippen molar-refractivity contribution in [1.29, 1.82) is 0 Å². The van der Waals surface area contributed by atoms with Gasteiger partial charge in [0.05, 0.1) is 13.0 Å². The number of pyridine rings is 1. The van der Waals surface area contributed by atoms with E-state index in [1.54, 1.807) is 12.4 Å². The smallest absolute Gasteiger partial charge is 0.307 e. The Kier molecular flexibility index (Phi) is 5.33. The Hall–Kier alpha value is -1.42. The van der Waals surface area contributed by atoms with Crippen LogP contribution in [0.4, 0.5) is 0 Å². The van der Waals surface area contributed by atoms with Crippen LogP contribution in [0.25, 0.3) is 0 Å². The number of hydrogen-bond donors (Lipinski definition) is 1. The molecule has 0 spiro atoms. The summed E-state index contributed by atoms with van der Waals surface area (Å²) in [5.74, 6) is 0.521. The normalized spacial score (nSPS) is 16.7. The topological polar surface area (TPSA) is 51.2 Å². The summed E-state index contributed by atoms with van der Waals surface area (Å²) in [6.45, 7) is 3.09. The van der Waals surface area contributed by atoms with Gasteiger partial charge >= 0.3 is 5.97 Å². The van der Waals surface area contributed by atoms with E-state index in [4.69, 9.17) is 4.74 Å². The maximum atomic E-state index is 11.6. The second-order valence-electron chi connectivity index (χ2n) is 5.04. The Morgan fingerprint density at radius 3 is 2.79 bits per heavy atom. The van der Waals surface area contributed by atoms with Gasteiger partial charge in [-0.25, -0.2) is 0 Å². The van der Waals surface area contributed by atoms with Crippen LogP contribution >= 0.6 is 0 Å². The van der Waals surface area contributed by atoms with Gasteiger partial charge in [0.25, 0.3) is 0 Å². The Balaban J connectivity index is 1.85. The van der Waals surface area contributed by atoms with Gasteiger partial charge in [0, 0.05) is 25.0 Å². The van der Waals surface area contributed by atoms with E-state index in [2.05, 4.69) is 10.3 Å². The van der Waals surface area contributed by atoms with Crippen LogP contribution in [0.5, 0.6) is 0 Å². The van der Waals surface area contributed by atoms with E-state index in [9.17, 15) is 4.79 Å². The van der Waals surface area contributed by atoms with E-state index in [-0.39, 0.29) is 12.0 Å². The summed E-state index contributed by atoms with van der Waals surface area (Å²) in [4.78, 5) is 15.6. The van der Waals surface area contributed by atoms with Crippen molar-refractivity contribution in [3.05, 3.63) is 30.1 Å². The molecule has 19 heavy (non-hydrogen) atoms. The molecule has 0 radical (unpaired) electrons. The molecule has 1 aromatic heterocycles. The lowest BCUT2D eigenvalue weighted by molar-refractivity contribution is -0.144. The molecule has 1 aromatic rings. The summed E-state index contributed by atoms with van der Waals surface area (Å²) in [5.41, 5.74) is 1.20. The highest BCUT2D eigenvalue weighted by Gasteiger charge is 2.28. The highest BCUT2D eigenvalue weighted by atomic mass is 16.5. The first-order valence-corrected chi connectivity index (χ1v) is 7.07. The summed E-state index contributed by atoms with van der Waals surface area (Å²) < 4.78 is 5.05. The largest absolute Gasteiger partial charge is 0.466 e. The van der Waals surface area contributed by atoms with E-state index >= 15 is 0 Å². The SMILES string of the molecule is CCOC(=O)CC(NCc1ccncc1)C1CCC1.